The van der Waals surface area contributed by atoms with Crippen molar-refractivity contribution in [2.75, 3.05) is 7.11 Å². The van der Waals surface area contributed by atoms with Gasteiger partial charge in [-0.15, -0.1) is 11.6 Å². The van der Waals surface area contributed by atoms with Gasteiger partial charge in [-0.05, 0) is 37.0 Å². The predicted molar refractivity (Wildman–Crippen MR) is 69.0 cm³/mol. The van der Waals surface area contributed by atoms with Gasteiger partial charge in [-0.1, -0.05) is 12.5 Å². The van der Waals surface area contributed by atoms with E-state index in [0.717, 1.165) is 31.3 Å². The van der Waals surface area contributed by atoms with Crippen molar-refractivity contribution in [3.05, 3.63) is 35.7 Å². The first-order valence-corrected chi connectivity index (χ1v) is 6.33. The fraction of sp³-hybridized carbons (Fsp3) is 0.429. The molecule has 3 heteroatoms. The van der Waals surface area contributed by atoms with Crippen LogP contribution in [0.1, 0.15) is 31.2 Å². The van der Waals surface area contributed by atoms with Crippen molar-refractivity contribution in [1.29, 1.82) is 0 Å². The van der Waals surface area contributed by atoms with Gasteiger partial charge in [0.15, 0.2) is 0 Å². The van der Waals surface area contributed by atoms with Gasteiger partial charge in [0.2, 0.25) is 0 Å². The van der Waals surface area contributed by atoms with Crippen LogP contribution in [-0.4, -0.2) is 12.5 Å². The van der Waals surface area contributed by atoms with Crippen LogP contribution < -0.4 is 4.74 Å². The smallest absolute Gasteiger partial charge is 0.134 e. The van der Waals surface area contributed by atoms with Crippen LogP contribution in [0.25, 0.3) is 5.57 Å². The van der Waals surface area contributed by atoms with Gasteiger partial charge in [-0.25, -0.2) is 4.39 Å². The average molecular weight is 255 g/mol. The van der Waals surface area contributed by atoms with Crippen LogP contribution in [0.15, 0.2) is 24.3 Å². The Morgan fingerprint density at radius 3 is 2.88 bits per heavy atom. The Bertz CT molecular complexity index is 428. The summed E-state index contributed by atoms with van der Waals surface area (Å²) >= 11 is 6.15. The summed E-state index contributed by atoms with van der Waals surface area (Å²) in [6.07, 6.45) is 6.03. The van der Waals surface area contributed by atoms with Crippen molar-refractivity contribution in [3.63, 3.8) is 0 Å². The van der Waals surface area contributed by atoms with Gasteiger partial charge in [0, 0.05) is 11.6 Å². The molecule has 0 N–H and O–H groups in total. The summed E-state index contributed by atoms with van der Waals surface area (Å²) < 4.78 is 18.9. The van der Waals surface area contributed by atoms with Crippen molar-refractivity contribution >= 4 is 17.2 Å². The number of benzene rings is 1. The lowest BCUT2D eigenvalue weighted by atomic mass is 10.0. The van der Waals surface area contributed by atoms with Crippen molar-refractivity contribution in [2.45, 2.75) is 31.1 Å². The number of hydrogen-bond donors (Lipinski definition) is 0. The second-order valence-corrected chi connectivity index (χ2v) is 4.86. The molecule has 0 saturated carbocycles. The van der Waals surface area contributed by atoms with Crippen LogP contribution in [0.2, 0.25) is 0 Å². The molecule has 1 atom stereocenters. The minimum Gasteiger partial charge on any atom is -0.497 e. The standard InChI is InChI=1S/C14H16ClFO/c1-17-12-6-7-13(14(16)9-12)10-4-2-3-5-11(15)8-10/h6-9,11H,2-5H2,1H3. The highest BCUT2D eigenvalue weighted by Gasteiger charge is 2.14. The van der Waals surface area contributed by atoms with Gasteiger partial charge in [0.05, 0.1) is 12.5 Å². The van der Waals surface area contributed by atoms with Crippen LogP contribution in [0.5, 0.6) is 5.75 Å². The van der Waals surface area contributed by atoms with E-state index >= 15 is 0 Å². The summed E-state index contributed by atoms with van der Waals surface area (Å²) in [6, 6.07) is 4.98. The molecule has 0 saturated heterocycles. The lowest BCUT2D eigenvalue weighted by Crippen LogP contribution is -1.94. The highest BCUT2D eigenvalue weighted by Crippen LogP contribution is 2.31. The average Bonchev–Trinajstić information content (AvgIpc) is 2.53. The van der Waals surface area contributed by atoms with E-state index in [1.807, 2.05) is 6.08 Å². The molecule has 1 unspecified atom stereocenters. The lowest BCUT2D eigenvalue weighted by Gasteiger charge is -2.09. The zero-order valence-corrected chi connectivity index (χ0v) is 10.6. The number of hydrogen-bond acceptors (Lipinski definition) is 1. The first kappa shape index (κ1) is 12.4. The number of halogens is 2. The Kier molecular flexibility index (Phi) is 4.06. The summed E-state index contributed by atoms with van der Waals surface area (Å²) in [6.45, 7) is 0. The molecule has 0 aliphatic heterocycles. The highest BCUT2D eigenvalue weighted by molar-refractivity contribution is 6.22. The molecule has 0 aromatic heterocycles. The summed E-state index contributed by atoms with van der Waals surface area (Å²) in [5, 5.41) is 0.0222. The molecule has 0 spiro atoms. The number of rotatable bonds is 2. The normalized spacial score (nSPS) is 20.6. The Hall–Kier alpha value is -1.02. The van der Waals surface area contributed by atoms with Gasteiger partial charge in [-0.3, -0.25) is 0 Å². The zero-order chi connectivity index (χ0) is 12.3. The van der Waals surface area contributed by atoms with Crippen LogP contribution in [-0.2, 0) is 0 Å². The molecule has 1 aromatic rings. The maximum atomic E-state index is 13.9. The fourth-order valence-corrected chi connectivity index (χ4v) is 2.45. The first-order valence-electron chi connectivity index (χ1n) is 5.89. The third kappa shape index (κ3) is 3.01. The molecule has 1 aliphatic carbocycles. The number of ether oxygens (including phenoxy) is 1. The number of alkyl halides is 1. The van der Waals surface area contributed by atoms with Crippen LogP contribution in [0, 0.1) is 5.82 Å². The van der Waals surface area contributed by atoms with Crippen molar-refractivity contribution in [3.8, 4) is 5.75 Å². The van der Waals surface area contributed by atoms with Gasteiger partial charge in [0.1, 0.15) is 11.6 Å². The first-order chi connectivity index (χ1) is 8.20. The van der Waals surface area contributed by atoms with Crippen LogP contribution >= 0.6 is 11.6 Å². The Morgan fingerprint density at radius 1 is 1.35 bits per heavy atom. The lowest BCUT2D eigenvalue weighted by molar-refractivity contribution is 0.411. The van der Waals surface area contributed by atoms with E-state index in [4.69, 9.17) is 16.3 Å². The third-order valence-electron chi connectivity index (χ3n) is 3.08. The van der Waals surface area contributed by atoms with Gasteiger partial charge < -0.3 is 4.74 Å². The fourth-order valence-electron chi connectivity index (χ4n) is 2.15. The van der Waals surface area contributed by atoms with Crippen molar-refractivity contribution < 1.29 is 9.13 Å². The molecular formula is C14H16ClFO. The van der Waals surface area contributed by atoms with E-state index in [1.165, 1.54) is 13.2 Å². The molecule has 1 nitrogen and oxygen atoms in total. The monoisotopic (exact) mass is 254 g/mol. The highest BCUT2D eigenvalue weighted by atomic mass is 35.5. The molecular weight excluding hydrogens is 239 g/mol. The minimum atomic E-state index is -0.235. The van der Waals surface area contributed by atoms with Gasteiger partial charge >= 0.3 is 0 Å². The molecule has 1 aromatic carbocycles. The molecule has 0 radical (unpaired) electrons. The maximum Gasteiger partial charge on any atom is 0.134 e. The molecule has 0 fully saturated rings. The molecule has 2 rings (SSSR count). The second-order valence-electron chi connectivity index (χ2n) is 4.30. The molecule has 17 heavy (non-hydrogen) atoms. The van der Waals surface area contributed by atoms with E-state index in [1.54, 1.807) is 12.1 Å². The van der Waals surface area contributed by atoms with E-state index in [2.05, 4.69) is 0 Å². The molecule has 92 valence electrons. The van der Waals surface area contributed by atoms with E-state index < -0.39 is 0 Å². The molecule has 0 amide bonds. The van der Waals surface area contributed by atoms with E-state index in [0.29, 0.717) is 11.3 Å². The zero-order valence-electron chi connectivity index (χ0n) is 9.88. The Morgan fingerprint density at radius 2 is 2.18 bits per heavy atom. The Labute approximate surface area is 106 Å². The molecule has 0 bridgehead atoms. The van der Waals surface area contributed by atoms with E-state index in [-0.39, 0.29) is 11.2 Å². The second kappa shape index (κ2) is 5.54. The Balaban J connectivity index is 2.32. The number of allylic oxidation sites excluding steroid dienone is 2. The number of methoxy groups -OCH3 is 1. The maximum absolute atomic E-state index is 13.9. The van der Waals surface area contributed by atoms with Crippen LogP contribution in [0.4, 0.5) is 4.39 Å². The quantitative estimate of drug-likeness (QED) is 0.711. The minimum absolute atomic E-state index is 0.0222. The topological polar surface area (TPSA) is 9.23 Å². The van der Waals surface area contributed by atoms with Crippen molar-refractivity contribution in [1.82, 2.24) is 0 Å². The largest absolute Gasteiger partial charge is 0.497 e. The summed E-state index contributed by atoms with van der Waals surface area (Å²) in [5.41, 5.74) is 1.67. The third-order valence-corrected chi connectivity index (χ3v) is 3.42. The van der Waals surface area contributed by atoms with Crippen molar-refractivity contribution in [2.24, 2.45) is 0 Å². The predicted octanol–water partition coefficient (Wildman–Crippen LogP) is 4.40. The van der Waals surface area contributed by atoms with E-state index in [9.17, 15) is 4.39 Å². The summed E-state index contributed by atoms with van der Waals surface area (Å²) in [7, 11) is 1.54. The summed E-state index contributed by atoms with van der Waals surface area (Å²) in [5.74, 6) is 0.310. The van der Waals surface area contributed by atoms with Gasteiger partial charge in [-0.2, -0.15) is 0 Å². The molecule has 0 heterocycles. The SMILES string of the molecule is COc1ccc(C2=CC(Cl)CCCC2)c(F)c1. The van der Waals surface area contributed by atoms with Gasteiger partial charge in [0.25, 0.3) is 0 Å². The molecule has 1 aliphatic rings. The van der Waals surface area contributed by atoms with Crippen LogP contribution in [0.3, 0.4) is 0 Å². The summed E-state index contributed by atoms with van der Waals surface area (Å²) in [4.78, 5) is 0.